The van der Waals surface area contributed by atoms with Gasteiger partial charge in [0.25, 0.3) is 0 Å². The van der Waals surface area contributed by atoms with Crippen LogP contribution in [0.15, 0.2) is 12.4 Å². The van der Waals surface area contributed by atoms with Crippen LogP contribution in [-0.4, -0.2) is 38.2 Å². The smallest absolute Gasteiger partial charge is 0.122 e. The number of aryl methyl sites for hydroxylation is 1. The van der Waals surface area contributed by atoms with Crippen molar-refractivity contribution in [3.63, 3.8) is 0 Å². The zero-order valence-electron chi connectivity index (χ0n) is 10.1. The standard InChI is InChI=1S/C11H21N3O/c1-5-14(9-11(2,3)15)8-10-12-6-7-13(10)4/h6-7,15H,5,8-9H2,1-4H3. The lowest BCUT2D eigenvalue weighted by atomic mass is 10.1. The molecule has 0 atom stereocenters. The second-order valence-electron chi connectivity index (χ2n) is 4.57. The van der Waals surface area contributed by atoms with Crippen molar-refractivity contribution in [1.82, 2.24) is 14.5 Å². The second-order valence-corrected chi connectivity index (χ2v) is 4.57. The van der Waals surface area contributed by atoms with Crippen molar-refractivity contribution in [2.75, 3.05) is 13.1 Å². The van der Waals surface area contributed by atoms with Gasteiger partial charge in [0.15, 0.2) is 0 Å². The highest BCUT2D eigenvalue weighted by Crippen LogP contribution is 2.08. The Morgan fingerprint density at radius 2 is 2.20 bits per heavy atom. The number of nitrogens with zero attached hydrogens (tertiary/aromatic N) is 3. The summed E-state index contributed by atoms with van der Waals surface area (Å²) in [5.74, 6) is 1.03. The fraction of sp³-hybridized carbons (Fsp3) is 0.727. The highest BCUT2D eigenvalue weighted by atomic mass is 16.3. The molecular weight excluding hydrogens is 190 g/mol. The molecule has 0 saturated carbocycles. The van der Waals surface area contributed by atoms with Gasteiger partial charge in [0, 0.05) is 26.0 Å². The number of rotatable bonds is 5. The van der Waals surface area contributed by atoms with Crippen LogP contribution in [0.25, 0.3) is 0 Å². The van der Waals surface area contributed by atoms with Crippen LogP contribution < -0.4 is 0 Å². The van der Waals surface area contributed by atoms with Gasteiger partial charge in [0.2, 0.25) is 0 Å². The molecule has 1 heterocycles. The molecule has 4 heteroatoms. The minimum Gasteiger partial charge on any atom is -0.389 e. The Kier molecular flexibility index (Phi) is 3.88. The van der Waals surface area contributed by atoms with Crippen molar-refractivity contribution in [3.8, 4) is 0 Å². The van der Waals surface area contributed by atoms with Crippen LogP contribution in [0, 0.1) is 0 Å². The molecule has 4 nitrogen and oxygen atoms in total. The number of aliphatic hydroxyl groups is 1. The van der Waals surface area contributed by atoms with Gasteiger partial charge in [-0.25, -0.2) is 4.98 Å². The minimum absolute atomic E-state index is 0.652. The topological polar surface area (TPSA) is 41.3 Å². The number of likely N-dealkylation sites (N-methyl/N-ethyl adjacent to an activating group) is 1. The Labute approximate surface area is 91.5 Å². The molecule has 86 valence electrons. The van der Waals surface area contributed by atoms with Gasteiger partial charge in [0.1, 0.15) is 5.82 Å². The van der Waals surface area contributed by atoms with E-state index < -0.39 is 5.60 Å². The Hall–Kier alpha value is -0.870. The van der Waals surface area contributed by atoms with Crippen molar-refractivity contribution in [2.24, 2.45) is 7.05 Å². The van der Waals surface area contributed by atoms with Crippen LogP contribution in [0.2, 0.25) is 0 Å². The first-order valence-electron chi connectivity index (χ1n) is 5.33. The predicted molar refractivity (Wildman–Crippen MR) is 60.5 cm³/mol. The van der Waals surface area contributed by atoms with Crippen molar-refractivity contribution >= 4 is 0 Å². The van der Waals surface area contributed by atoms with E-state index in [1.807, 2.05) is 31.7 Å². The van der Waals surface area contributed by atoms with Crippen LogP contribution in [0.4, 0.5) is 0 Å². The van der Waals surface area contributed by atoms with Crippen molar-refractivity contribution in [3.05, 3.63) is 18.2 Å². The van der Waals surface area contributed by atoms with E-state index in [-0.39, 0.29) is 0 Å². The predicted octanol–water partition coefficient (Wildman–Crippen LogP) is 1.01. The Morgan fingerprint density at radius 1 is 1.53 bits per heavy atom. The van der Waals surface area contributed by atoms with Crippen molar-refractivity contribution in [1.29, 1.82) is 0 Å². The summed E-state index contributed by atoms with van der Waals surface area (Å²) >= 11 is 0. The van der Waals surface area contributed by atoms with Gasteiger partial charge >= 0.3 is 0 Å². The van der Waals surface area contributed by atoms with Gasteiger partial charge in [0.05, 0.1) is 12.1 Å². The molecule has 0 spiro atoms. The van der Waals surface area contributed by atoms with Gasteiger partial charge in [-0.1, -0.05) is 6.92 Å². The largest absolute Gasteiger partial charge is 0.389 e. The van der Waals surface area contributed by atoms with E-state index in [9.17, 15) is 5.11 Å². The third-order valence-corrected chi connectivity index (χ3v) is 2.34. The van der Waals surface area contributed by atoms with Crippen molar-refractivity contribution < 1.29 is 5.11 Å². The molecule has 1 aromatic rings. The van der Waals surface area contributed by atoms with Gasteiger partial charge in [-0.05, 0) is 20.4 Å². The Balaban J connectivity index is 2.58. The maximum atomic E-state index is 9.75. The first-order valence-corrected chi connectivity index (χ1v) is 5.33. The fourth-order valence-corrected chi connectivity index (χ4v) is 1.58. The molecule has 0 saturated heterocycles. The maximum Gasteiger partial charge on any atom is 0.122 e. The molecule has 0 fully saturated rings. The molecule has 0 aliphatic heterocycles. The molecule has 15 heavy (non-hydrogen) atoms. The second kappa shape index (κ2) is 4.77. The van der Waals surface area contributed by atoms with Crippen LogP contribution in [0.3, 0.4) is 0 Å². The molecule has 1 aromatic heterocycles. The van der Waals surface area contributed by atoms with Gasteiger partial charge in [-0.15, -0.1) is 0 Å². The average Bonchev–Trinajstić information content (AvgIpc) is 2.48. The van der Waals surface area contributed by atoms with E-state index >= 15 is 0 Å². The number of hydrogen-bond donors (Lipinski definition) is 1. The molecule has 0 radical (unpaired) electrons. The summed E-state index contributed by atoms with van der Waals surface area (Å²) in [6.07, 6.45) is 3.74. The van der Waals surface area contributed by atoms with Crippen LogP contribution in [0.5, 0.6) is 0 Å². The van der Waals surface area contributed by atoms with Gasteiger partial charge in [-0.3, -0.25) is 4.90 Å². The molecular formula is C11H21N3O. The SMILES string of the molecule is CCN(Cc1nccn1C)CC(C)(C)O. The maximum absolute atomic E-state index is 9.75. The van der Waals surface area contributed by atoms with E-state index in [2.05, 4.69) is 16.8 Å². The highest BCUT2D eigenvalue weighted by molar-refractivity contribution is 4.91. The van der Waals surface area contributed by atoms with E-state index in [1.54, 1.807) is 6.20 Å². The number of hydrogen-bond acceptors (Lipinski definition) is 3. The van der Waals surface area contributed by atoms with Crippen LogP contribution in [-0.2, 0) is 13.6 Å². The van der Waals surface area contributed by atoms with Gasteiger partial charge < -0.3 is 9.67 Å². The molecule has 0 amide bonds. The van der Waals surface area contributed by atoms with Crippen LogP contribution in [0.1, 0.15) is 26.6 Å². The molecule has 0 aromatic carbocycles. The van der Waals surface area contributed by atoms with Gasteiger partial charge in [-0.2, -0.15) is 0 Å². The Morgan fingerprint density at radius 3 is 2.60 bits per heavy atom. The zero-order chi connectivity index (χ0) is 11.5. The van der Waals surface area contributed by atoms with E-state index in [0.29, 0.717) is 6.54 Å². The number of aromatic nitrogens is 2. The zero-order valence-corrected chi connectivity index (χ0v) is 10.1. The van der Waals surface area contributed by atoms with E-state index in [1.165, 1.54) is 0 Å². The summed E-state index contributed by atoms with van der Waals surface area (Å²) in [5, 5.41) is 9.75. The molecule has 0 aliphatic rings. The molecule has 0 aliphatic carbocycles. The first kappa shape index (κ1) is 12.2. The Bertz CT molecular complexity index is 301. The van der Waals surface area contributed by atoms with E-state index in [0.717, 1.165) is 18.9 Å². The lowest BCUT2D eigenvalue weighted by molar-refractivity contribution is 0.0343. The fourth-order valence-electron chi connectivity index (χ4n) is 1.58. The third-order valence-electron chi connectivity index (χ3n) is 2.34. The van der Waals surface area contributed by atoms with E-state index in [4.69, 9.17) is 0 Å². The minimum atomic E-state index is -0.652. The van der Waals surface area contributed by atoms with Crippen molar-refractivity contribution in [2.45, 2.75) is 32.9 Å². The summed E-state index contributed by atoms with van der Waals surface area (Å²) in [5.41, 5.74) is -0.652. The first-order chi connectivity index (χ1) is 6.92. The normalized spacial score (nSPS) is 12.4. The quantitative estimate of drug-likeness (QED) is 0.790. The van der Waals surface area contributed by atoms with Crippen LogP contribution >= 0.6 is 0 Å². The lowest BCUT2D eigenvalue weighted by Gasteiger charge is -2.27. The molecule has 1 N–H and O–H groups in total. The molecule has 1 rings (SSSR count). The summed E-state index contributed by atoms with van der Waals surface area (Å²) in [6.45, 7) is 8.11. The summed E-state index contributed by atoms with van der Waals surface area (Å²) in [6, 6.07) is 0. The molecule has 0 bridgehead atoms. The molecule has 0 unspecified atom stereocenters. The third kappa shape index (κ3) is 4.01. The highest BCUT2D eigenvalue weighted by Gasteiger charge is 2.18. The average molecular weight is 211 g/mol. The summed E-state index contributed by atoms with van der Waals surface area (Å²) in [4.78, 5) is 6.46. The monoisotopic (exact) mass is 211 g/mol. The summed E-state index contributed by atoms with van der Waals surface area (Å²) in [7, 11) is 1.99. The summed E-state index contributed by atoms with van der Waals surface area (Å²) < 4.78 is 2.01. The lowest BCUT2D eigenvalue weighted by Crippen LogP contribution is -2.38. The number of imidazole rings is 1.